The van der Waals surface area contributed by atoms with E-state index in [0.29, 0.717) is 17.0 Å². The number of aromatic amines is 1. The number of rotatable bonds is 4. The van der Waals surface area contributed by atoms with Crippen LogP contribution in [0.1, 0.15) is 11.9 Å². The fourth-order valence-corrected chi connectivity index (χ4v) is 2.34. The lowest BCUT2D eigenvalue weighted by Crippen LogP contribution is -2.32. The Morgan fingerprint density at radius 3 is 2.78 bits per heavy atom. The molecule has 10 heteroatoms. The van der Waals surface area contributed by atoms with Crippen molar-refractivity contribution in [2.75, 3.05) is 20.7 Å². The lowest BCUT2D eigenvalue weighted by Gasteiger charge is -2.13. The number of aliphatic imine (C=N–C) groups is 1. The van der Waals surface area contributed by atoms with Gasteiger partial charge in [0.2, 0.25) is 0 Å². The topological polar surface area (TPSA) is 140 Å². The number of ether oxygens (including phenoxy) is 1. The second-order valence-corrected chi connectivity index (χ2v) is 5.47. The minimum absolute atomic E-state index is 0.151. The number of aliphatic hydroxyl groups is 3. The van der Waals surface area contributed by atoms with Gasteiger partial charge >= 0.3 is 0 Å². The van der Waals surface area contributed by atoms with E-state index in [1.54, 1.807) is 11.2 Å². The van der Waals surface area contributed by atoms with E-state index in [4.69, 9.17) is 4.74 Å². The summed E-state index contributed by atoms with van der Waals surface area (Å²) in [5.41, 5.74) is 0.928. The smallest absolute Gasteiger partial charge is 0.183 e. The summed E-state index contributed by atoms with van der Waals surface area (Å²) in [6, 6.07) is 0. The Hall–Kier alpha value is -2.14. The fourth-order valence-electron chi connectivity index (χ4n) is 2.34. The van der Waals surface area contributed by atoms with Crippen LogP contribution in [-0.2, 0) is 4.74 Å². The second-order valence-electron chi connectivity index (χ2n) is 5.47. The molecule has 3 heterocycles. The Morgan fingerprint density at radius 2 is 2.13 bits per heavy atom. The van der Waals surface area contributed by atoms with Crippen LogP contribution in [0.2, 0.25) is 0 Å². The minimum atomic E-state index is -1.24. The molecule has 10 nitrogen and oxygen atoms in total. The van der Waals surface area contributed by atoms with E-state index in [9.17, 15) is 15.3 Å². The van der Waals surface area contributed by atoms with E-state index < -0.39 is 31.0 Å². The summed E-state index contributed by atoms with van der Waals surface area (Å²) in [7, 11) is 3.64. The first-order valence-corrected chi connectivity index (χ1v) is 7.05. The number of aliphatic hydroxyl groups excluding tert-OH is 3. The summed E-state index contributed by atoms with van der Waals surface area (Å²) in [4.78, 5) is 21.5. The average Bonchev–Trinajstić information content (AvgIpc) is 3.10. The molecule has 2 aromatic heterocycles. The standard InChI is InChI=1S/C13H18N6O4/c1-19(2)5-16-12-7-11(15-4-14-7)17-13(18-12)10-9(22)8(21)6(3-20)23-10/h4-6,8-10,20-22H,3H2,1-2H3,(H,14,15,17,18)/t6-,8-,9+,10?/m1/s1. The first kappa shape index (κ1) is 15.7. The lowest BCUT2D eigenvalue weighted by atomic mass is 10.1. The molecule has 1 fully saturated rings. The van der Waals surface area contributed by atoms with Gasteiger partial charge in [0, 0.05) is 14.1 Å². The summed E-state index contributed by atoms with van der Waals surface area (Å²) >= 11 is 0. The second kappa shape index (κ2) is 6.16. The van der Waals surface area contributed by atoms with Crippen LogP contribution in [-0.4, -0.2) is 85.5 Å². The largest absolute Gasteiger partial charge is 0.394 e. The van der Waals surface area contributed by atoms with E-state index in [0.717, 1.165) is 0 Å². The molecular weight excluding hydrogens is 304 g/mol. The van der Waals surface area contributed by atoms with Crippen molar-refractivity contribution in [2.45, 2.75) is 24.4 Å². The van der Waals surface area contributed by atoms with Gasteiger partial charge in [0.05, 0.1) is 19.3 Å². The maximum Gasteiger partial charge on any atom is 0.183 e. The first-order valence-electron chi connectivity index (χ1n) is 7.05. The molecule has 0 bridgehead atoms. The van der Waals surface area contributed by atoms with Crippen molar-refractivity contribution in [1.29, 1.82) is 0 Å². The van der Waals surface area contributed by atoms with Gasteiger partial charge in [0.25, 0.3) is 0 Å². The SMILES string of the molecule is CN(C)C=Nc1nc(C2O[C@H](CO)[C@@H](O)[C@@H]2O)nc2nc[nH]c12. The van der Waals surface area contributed by atoms with Gasteiger partial charge in [0.1, 0.15) is 29.9 Å². The Bertz CT molecular complexity index is 718. The molecule has 0 radical (unpaired) electrons. The predicted molar refractivity (Wildman–Crippen MR) is 80.2 cm³/mol. The van der Waals surface area contributed by atoms with Gasteiger partial charge in [-0.15, -0.1) is 0 Å². The van der Waals surface area contributed by atoms with E-state index in [1.807, 2.05) is 14.1 Å². The Labute approximate surface area is 131 Å². The molecule has 4 N–H and O–H groups in total. The van der Waals surface area contributed by atoms with Crippen molar-refractivity contribution in [2.24, 2.45) is 4.99 Å². The van der Waals surface area contributed by atoms with Gasteiger partial charge in [-0.25, -0.2) is 19.9 Å². The quantitative estimate of drug-likeness (QED) is 0.403. The number of nitrogens with zero attached hydrogens (tertiary/aromatic N) is 5. The van der Waals surface area contributed by atoms with Gasteiger partial charge in [-0.3, -0.25) is 0 Å². The summed E-state index contributed by atoms with van der Waals surface area (Å²) in [5, 5.41) is 29.1. The molecule has 23 heavy (non-hydrogen) atoms. The molecule has 3 rings (SSSR count). The number of nitrogens with one attached hydrogen (secondary N) is 1. The van der Waals surface area contributed by atoms with E-state index in [2.05, 4.69) is 24.9 Å². The number of imidazole rings is 1. The number of hydrogen-bond acceptors (Lipinski definition) is 8. The van der Waals surface area contributed by atoms with Gasteiger partial charge in [0.15, 0.2) is 17.3 Å². The monoisotopic (exact) mass is 322 g/mol. The number of fused-ring (bicyclic) bond motifs is 1. The zero-order valence-electron chi connectivity index (χ0n) is 12.7. The molecule has 0 spiro atoms. The first-order chi connectivity index (χ1) is 11.0. The highest BCUT2D eigenvalue weighted by molar-refractivity contribution is 5.82. The predicted octanol–water partition coefficient (Wildman–Crippen LogP) is -1.27. The van der Waals surface area contributed by atoms with Crippen molar-refractivity contribution < 1.29 is 20.1 Å². The molecule has 1 unspecified atom stereocenters. The maximum atomic E-state index is 10.1. The minimum Gasteiger partial charge on any atom is -0.394 e. The Balaban J connectivity index is 2.01. The highest BCUT2D eigenvalue weighted by Crippen LogP contribution is 2.33. The maximum absolute atomic E-state index is 10.1. The number of H-pyrrole nitrogens is 1. The lowest BCUT2D eigenvalue weighted by molar-refractivity contribution is -0.0251. The van der Waals surface area contributed by atoms with Crippen molar-refractivity contribution in [3.8, 4) is 0 Å². The Kier molecular flexibility index (Phi) is 4.22. The van der Waals surface area contributed by atoms with E-state index in [-0.39, 0.29) is 5.82 Å². The van der Waals surface area contributed by atoms with Gasteiger partial charge in [-0.2, -0.15) is 0 Å². The third kappa shape index (κ3) is 2.88. The van der Waals surface area contributed by atoms with Crippen LogP contribution in [0.25, 0.3) is 11.2 Å². The zero-order chi connectivity index (χ0) is 16.6. The van der Waals surface area contributed by atoms with Crippen LogP contribution in [0, 0.1) is 0 Å². The molecule has 0 saturated carbocycles. The van der Waals surface area contributed by atoms with Crippen LogP contribution in [0.5, 0.6) is 0 Å². The summed E-state index contributed by atoms with van der Waals surface area (Å²) in [6.07, 6.45) is -1.26. The molecule has 1 aliphatic rings. The van der Waals surface area contributed by atoms with Gasteiger partial charge in [-0.05, 0) is 0 Å². The molecule has 2 aromatic rings. The van der Waals surface area contributed by atoms with E-state index in [1.165, 1.54) is 6.33 Å². The summed E-state index contributed by atoms with van der Waals surface area (Å²) in [5.74, 6) is 0.493. The fraction of sp³-hybridized carbons (Fsp3) is 0.538. The van der Waals surface area contributed by atoms with E-state index >= 15 is 0 Å². The molecule has 0 aromatic carbocycles. The molecular formula is C13H18N6O4. The highest BCUT2D eigenvalue weighted by Gasteiger charge is 2.44. The van der Waals surface area contributed by atoms with Crippen molar-refractivity contribution in [3.05, 3.63) is 12.2 Å². The zero-order valence-corrected chi connectivity index (χ0v) is 12.7. The van der Waals surface area contributed by atoms with Crippen molar-refractivity contribution in [3.63, 3.8) is 0 Å². The average molecular weight is 322 g/mol. The van der Waals surface area contributed by atoms with Crippen LogP contribution in [0.3, 0.4) is 0 Å². The summed E-state index contributed by atoms with van der Waals surface area (Å²) < 4.78 is 5.45. The molecule has 0 amide bonds. The number of aromatic nitrogens is 4. The molecule has 1 saturated heterocycles. The van der Waals surface area contributed by atoms with Gasteiger partial charge in [-0.1, -0.05) is 0 Å². The van der Waals surface area contributed by atoms with Crippen molar-refractivity contribution in [1.82, 2.24) is 24.8 Å². The third-order valence-corrected chi connectivity index (χ3v) is 3.49. The van der Waals surface area contributed by atoms with Crippen molar-refractivity contribution >= 4 is 23.3 Å². The molecule has 124 valence electrons. The van der Waals surface area contributed by atoms with Crippen LogP contribution in [0.15, 0.2) is 11.3 Å². The molecule has 1 aliphatic heterocycles. The number of hydrogen-bond donors (Lipinski definition) is 4. The third-order valence-electron chi connectivity index (χ3n) is 3.49. The van der Waals surface area contributed by atoms with Crippen LogP contribution < -0.4 is 0 Å². The molecule has 4 atom stereocenters. The normalized spacial score (nSPS) is 28.0. The molecule has 0 aliphatic carbocycles. The summed E-state index contributed by atoms with van der Waals surface area (Å²) in [6.45, 7) is -0.412. The highest BCUT2D eigenvalue weighted by atomic mass is 16.6. The Morgan fingerprint density at radius 1 is 1.35 bits per heavy atom. The van der Waals surface area contributed by atoms with Crippen LogP contribution >= 0.6 is 0 Å². The van der Waals surface area contributed by atoms with Gasteiger partial charge < -0.3 is 29.9 Å². The van der Waals surface area contributed by atoms with Crippen LogP contribution in [0.4, 0.5) is 5.82 Å².